The Bertz CT molecular complexity index is 798. The summed E-state index contributed by atoms with van der Waals surface area (Å²) in [6.07, 6.45) is 2.01. The normalized spacial score (nSPS) is 19.2. The van der Waals surface area contributed by atoms with E-state index in [2.05, 4.69) is 4.57 Å². The minimum Gasteiger partial charge on any atom is -0.349 e. The molecule has 5 heteroatoms. The van der Waals surface area contributed by atoms with Crippen molar-refractivity contribution in [3.8, 4) is 0 Å². The van der Waals surface area contributed by atoms with Crippen LogP contribution in [0.15, 0.2) is 35.4 Å². The van der Waals surface area contributed by atoms with Crippen LogP contribution >= 0.6 is 0 Å². The molecule has 1 aliphatic heterocycles. The van der Waals surface area contributed by atoms with Gasteiger partial charge in [-0.2, -0.15) is 4.31 Å². The molecule has 4 nitrogen and oxygen atoms in total. The van der Waals surface area contributed by atoms with Crippen molar-refractivity contribution in [3.63, 3.8) is 0 Å². The third kappa shape index (κ3) is 2.29. The monoisotopic (exact) mass is 318 g/mol. The molecule has 0 saturated carbocycles. The molecule has 1 aromatic heterocycles. The van der Waals surface area contributed by atoms with Crippen LogP contribution in [0.2, 0.25) is 0 Å². The zero-order valence-electron chi connectivity index (χ0n) is 13.5. The van der Waals surface area contributed by atoms with Crippen LogP contribution in [-0.2, 0) is 16.6 Å². The molecule has 118 valence electrons. The zero-order chi connectivity index (χ0) is 16.1. The third-order valence-electron chi connectivity index (χ3n) is 4.46. The molecule has 1 unspecified atom stereocenters. The van der Waals surface area contributed by atoms with Crippen molar-refractivity contribution in [1.29, 1.82) is 0 Å². The Morgan fingerprint density at radius 2 is 1.73 bits per heavy atom. The van der Waals surface area contributed by atoms with Gasteiger partial charge in [0.05, 0.1) is 10.9 Å². The summed E-state index contributed by atoms with van der Waals surface area (Å²) in [6, 6.07) is 7.72. The lowest BCUT2D eigenvalue weighted by Gasteiger charge is -2.34. The number of aromatic nitrogens is 1. The van der Waals surface area contributed by atoms with E-state index in [-0.39, 0.29) is 6.04 Å². The van der Waals surface area contributed by atoms with Crippen molar-refractivity contribution in [3.05, 3.63) is 52.8 Å². The quantitative estimate of drug-likeness (QED) is 0.853. The summed E-state index contributed by atoms with van der Waals surface area (Å²) in [5.74, 6) is 0. The second-order valence-electron chi connectivity index (χ2n) is 6.15. The first-order valence-corrected chi connectivity index (χ1v) is 9.01. The molecule has 0 fully saturated rings. The Balaban J connectivity index is 2.09. The second-order valence-corrected chi connectivity index (χ2v) is 7.97. The first-order valence-electron chi connectivity index (χ1n) is 7.57. The van der Waals surface area contributed by atoms with Crippen LogP contribution in [0.5, 0.6) is 0 Å². The van der Waals surface area contributed by atoms with Gasteiger partial charge >= 0.3 is 0 Å². The van der Waals surface area contributed by atoms with Gasteiger partial charge in [-0.1, -0.05) is 17.7 Å². The molecule has 22 heavy (non-hydrogen) atoms. The number of nitrogens with zero attached hydrogens (tertiary/aromatic N) is 2. The predicted molar refractivity (Wildman–Crippen MR) is 87.4 cm³/mol. The highest BCUT2D eigenvalue weighted by Gasteiger charge is 2.35. The van der Waals surface area contributed by atoms with Gasteiger partial charge in [0.15, 0.2) is 0 Å². The Labute approximate surface area is 132 Å². The maximum absolute atomic E-state index is 13.2. The number of hydrogen-bond acceptors (Lipinski definition) is 2. The number of hydrogen-bond donors (Lipinski definition) is 0. The molecular weight excluding hydrogens is 296 g/mol. The van der Waals surface area contributed by atoms with Gasteiger partial charge in [0.1, 0.15) is 0 Å². The predicted octanol–water partition coefficient (Wildman–Crippen LogP) is 3.18. The number of fused-ring (bicyclic) bond motifs is 1. The van der Waals surface area contributed by atoms with Crippen molar-refractivity contribution < 1.29 is 8.42 Å². The zero-order valence-corrected chi connectivity index (χ0v) is 14.3. The van der Waals surface area contributed by atoms with Crippen molar-refractivity contribution in [2.45, 2.75) is 45.2 Å². The van der Waals surface area contributed by atoms with Gasteiger partial charge in [-0.15, -0.1) is 0 Å². The van der Waals surface area contributed by atoms with E-state index in [1.54, 1.807) is 4.31 Å². The summed E-state index contributed by atoms with van der Waals surface area (Å²) in [6.45, 7) is 8.93. The standard InChI is InChI=1S/C17H22N2O2S/c1-12-10-13(2)17(14(3)11-12)22(20,21)19-9-8-18-7-5-6-16(18)15(19)4/h5-7,10-11,15H,8-9H2,1-4H3. The van der Waals surface area contributed by atoms with Gasteiger partial charge in [0.25, 0.3) is 0 Å². The van der Waals surface area contributed by atoms with E-state index in [1.165, 1.54) is 0 Å². The number of aryl methyl sites for hydroxylation is 3. The van der Waals surface area contributed by atoms with E-state index in [0.717, 1.165) is 22.4 Å². The van der Waals surface area contributed by atoms with E-state index in [1.807, 2.05) is 58.2 Å². The van der Waals surface area contributed by atoms with Crippen LogP contribution < -0.4 is 0 Å². The molecule has 0 amide bonds. The van der Waals surface area contributed by atoms with Crippen LogP contribution in [0.1, 0.15) is 35.3 Å². The molecule has 1 aliphatic rings. The molecule has 0 spiro atoms. The van der Waals surface area contributed by atoms with Crippen LogP contribution in [0.3, 0.4) is 0 Å². The van der Waals surface area contributed by atoms with E-state index in [4.69, 9.17) is 0 Å². The lowest BCUT2D eigenvalue weighted by molar-refractivity contribution is 0.282. The van der Waals surface area contributed by atoms with Gasteiger partial charge in [-0.3, -0.25) is 0 Å². The van der Waals surface area contributed by atoms with Crippen molar-refractivity contribution >= 4 is 10.0 Å². The average Bonchev–Trinajstić information content (AvgIpc) is 2.86. The van der Waals surface area contributed by atoms with Crippen molar-refractivity contribution in [1.82, 2.24) is 8.87 Å². The maximum atomic E-state index is 13.2. The smallest absolute Gasteiger partial charge is 0.244 e. The first-order chi connectivity index (χ1) is 10.3. The fourth-order valence-electron chi connectivity index (χ4n) is 3.58. The molecule has 2 heterocycles. The molecule has 0 bridgehead atoms. The van der Waals surface area contributed by atoms with Crippen molar-refractivity contribution in [2.75, 3.05) is 6.54 Å². The number of sulfonamides is 1. The van der Waals surface area contributed by atoms with Crippen LogP contribution in [0.4, 0.5) is 0 Å². The van der Waals surface area contributed by atoms with Crippen LogP contribution in [0, 0.1) is 20.8 Å². The average molecular weight is 318 g/mol. The van der Waals surface area contributed by atoms with Gasteiger partial charge < -0.3 is 4.57 Å². The minimum absolute atomic E-state index is 0.145. The lowest BCUT2D eigenvalue weighted by Crippen LogP contribution is -2.41. The molecule has 0 saturated heterocycles. The SMILES string of the molecule is Cc1cc(C)c(S(=O)(=O)N2CCn3cccc3C2C)c(C)c1. The summed E-state index contributed by atoms with van der Waals surface area (Å²) in [5.41, 5.74) is 3.79. The Kier molecular flexibility index (Phi) is 3.65. The second kappa shape index (κ2) is 5.25. The largest absolute Gasteiger partial charge is 0.349 e. The van der Waals surface area contributed by atoms with Gasteiger partial charge in [0.2, 0.25) is 10.0 Å². The third-order valence-corrected chi connectivity index (χ3v) is 6.73. The van der Waals surface area contributed by atoms with Gasteiger partial charge in [-0.25, -0.2) is 8.42 Å². The lowest BCUT2D eigenvalue weighted by atomic mass is 10.1. The molecule has 2 aromatic rings. The Morgan fingerprint density at radius 3 is 2.36 bits per heavy atom. The molecule has 1 atom stereocenters. The highest BCUT2D eigenvalue weighted by Crippen LogP contribution is 2.33. The van der Waals surface area contributed by atoms with Crippen LogP contribution in [-0.4, -0.2) is 23.8 Å². The first kappa shape index (κ1) is 15.3. The molecular formula is C17H22N2O2S. The molecule has 0 radical (unpaired) electrons. The molecule has 0 N–H and O–H groups in total. The summed E-state index contributed by atoms with van der Waals surface area (Å²) in [7, 11) is -3.49. The highest BCUT2D eigenvalue weighted by molar-refractivity contribution is 7.89. The van der Waals surface area contributed by atoms with E-state index < -0.39 is 10.0 Å². The molecule has 0 aliphatic carbocycles. The van der Waals surface area contributed by atoms with Crippen LogP contribution in [0.25, 0.3) is 0 Å². The highest BCUT2D eigenvalue weighted by atomic mass is 32.2. The minimum atomic E-state index is -3.49. The topological polar surface area (TPSA) is 42.3 Å². The fourth-order valence-corrected chi connectivity index (χ4v) is 5.59. The van der Waals surface area contributed by atoms with Gasteiger partial charge in [-0.05, 0) is 51.0 Å². The van der Waals surface area contributed by atoms with Crippen molar-refractivity contribution in [2.24, 2.45) is 0 Å². The molecule has 3 rings (SSSR count). The van der Waals surface area contributed by atoms with Gasteiger partial charge in [0, 0.05) is 25.0 Å². The summed E-state index contributed by atoms with van der Waals surface area (Å²) in [5, 5.41) is 0. The fraction of sp³-hybridized carbons (Fsp3) is 0.412. The Hall–Kier alpha value is -1.59. The molecule has 1 aromatic carbocycles. The summed E-state index contributed by atoms with van der Waals surface area (Å²) < 4.78 is 30.2. The number of benzene rings is 1. The van der Waals surface area contributed by atoms with E-state index in [0.29, 0.717) is 18.0 Å². The van der Waals surface area contributed by atoms with E-state index in [9.17, 15) is 8.42 Å². The number of rotatable bonds is 2. The maximum Gasteiger partial charge on any atom is 0.244 e. The van der Waals surface area contributed by atoms with E-state index >= 15 is 0 Å². The Morgan fingerprint density at radius 1 is 1.09 bits per heavy atom. The summed E-state index contributed by atoms with van der Waals surface area (Å²) >= 11 is 0. The summed E-state index contributed by atoms with van der Waals surface area (Å²) in [4.78, 5) is 0.463.